The topological polar surface area (TPSA) is 12.9 Å². The zero-order chi connectivity index (χ0) is 12.1. The predicted molar refractivity (Wildman–Crippen MR) is 74.5 cm³/mol. The summed E-state index contributed by atoms with van der Waals surface area (Å²) in [6.07, 6.45) is 1.83. The Morgan fingerprint density at radius 3 is 2.65 bits per heavy atom. The lowest BCUT2D eigenvalue weighted by molar-refractivity contribution is 1.07. The molecule has 0 bridgehead atoms. The third-order valence-electron chi connectivity index (χ3n) is 2.62. The molecular weight excluding hydrogens is 250 g/mol. The van der Waals surface area contributed by atoms with Crippen LogP contribution < -0.4 is 0 Å². The molecule has 0 aliphatic heterocycles. The number of benzene rings is 1. The molecule has 88 valence electrons. The fourth-order valence-corrected chi connectivity index (χ4v) is 2.86. The van der Waals surface area contributed by atoms with E-state index in [2.05, 4.69) is 42.2 Å². The zero-order valence-corrected chi connectivity index (χ0v) is 11.3. The van der Waals surface area contributed by atoms with Crippen LogP contribution in [0.4, 0.5) is 0 Å². The van der Waals surface area contributed by atoms with Gasteiger partial charge in [0.15, 0.2) is 0 Å². The minimum Gasteiger partial charge on any atom is -0.260 e. The third-order valence-corrected chi connectivity index (χ3v) is 4.11. The summed E-state index contributed by atoms with van der Waals surface area (Å²) in [4.78, 5) is 5.53. The van der Waals surface area contributed by atoms with E-state index in [0.29, 0.717) is 5.88 Å². The van der Waals surface area contributed by atoms with E-state index in [4.69, 9.17) is 11.6 Å². The van der Waals surface area contributed by atoms with Gasteiger partial charge in [-0.05, 0) is 24.1 Å². The Kier molecular flexibility index (Phi) is 4.46. The van der Waals surface area contributed by atoms with Crippen LogP contribution in [0.3, 0.4) is 0 Å². The van der Waals surface area contributed by atoms with Crippen molar-refractivity contribution in [3.63, 3.8) is 0 Å². The average molecular weight is 264 g/mol. The Morgan fingerprint density at radius 1 is 1.18 bits per heavy atom. The molecule has 1 nitrogen and oxygen atoms in total. The summed E-state index contributed by atoms with van der Waals surface area (Å²) >= 11 is 7.68. The molecule has 0 aliphatic carbocycles. The van der Waals surface area contributed by atoms with Crippen molar-refractivity contribution >= 4 is 23.4 Å². The Bertz CT molecular complexity index is 485. The Morgan fingerprint density at radius 2 is 1.94 bits per heavy atom. The first kappa shape index (κ1) is 12.5. The van der Waals surface area contributed by atoms with E-state index in [1.807, 2.05) is 24.0 Å². The molecule has 1 aromatic heterocycles. The number of hydrogen-bond acceptors (Lipinski definition) is 2. The van der Waals surface area contributed by atoms with E-state index in [0.717, 1.165) is 11.4 Å². The highest BCUT2D eigenvalue weighted by Gasteiger charge is 2.05. The van der Waals surface area contributed by atoms with Crippen molar-refractivity contribution in [1.29, 1.82) is 0 Å². The van der Waals surface area contributed by atoms with Crippen LogP contribution in [0.1, 0.15) is 16.8 Å². The maximum Gasteiger partial charge on any atom is 0.0650 e. The van der Waals surface area contributed by atoms with Crippen LogP contribution in [0.25, 0.3) is 0 Å². The lowest BCUT2D eigenvalue weighted by Crippen LogP contribution is -1.92. The summed E-state index contributed by atoms with van der Waals surface area (Å²) in [5.41, 5.74) is 3.51. The summed E-state index contributed by atoms with van der Waals surface area (Å²) in [6, 6.07) is 12.5. The quantitative estimate of drug-likeness (QED) is 0.598. The molecule has 0 aliphatic rings. The highest BCUT2D eigenvalue weighted by Crippen LogP contribution is 2.27. The van der Waals surface area contributed by atoms with Crippen molar-refractivity contribution in [2.45, 2.75) is 23.5 Å². The van der Waals surface area contributed by atoms with Crippen LogP contribution in [0.5, 0.6) is 0 Å². The first-order valence-corrected chi connectivity index (χ1v) is 7.00. The van der Waals surface area contributed by atoms with Gasteiger partial charge in [-0.1, -0.05) is 30.3 Å². The second-order valence-corrected chi connectivity index (χ2v) is 5.07. The molecule has 0 N–H and O–H groups in total. The van der Waals surface area contributed by atoms with Gasteiger partial charge in [-0.25, -0.2) is 0 Å². The summed E-state index contributed by atoms with van der Waals surface area (Å²) < 4.78 is 0. The number of alkyl halides is 1. The van der Waals surface area contributed by atoms with Gasteiger partial charge in [-0.2, -0.15) is 0 Å². The van der Waals surface area contributed by atoms with E-state index < -0.39 is 0 Å². The van der Waals surface area contributed by atoms with Crippen molar-refractivity contribution < 1.29 is 0 Å². The van der Waals surface area contributed by atoms with Crippen LogP contribution in [0, 0.1) is 6.92 Å². The van der Waals surface area contributed by atoms with E-state index in [1.165, 1.54) is 16.0 Å². The second-order valence-electron chi connectivity index (χ2n) is 3.79. The van der Waals surface area contributed by atoms with E-state index in [-0.39, 0.29) is 0 Å². The van der Waals surface area contributed by atoms with Crippen molar-refractivity contribution in [2.24, 2.45) is 0 Å². The van der Waals surface area contributed by atoms with Gasteiger partial charge in [0.05, 0.1) is 11.6 Å². The monoisotopic (exact) mass is 263 g/mol. The average Bonchev–Trinajstić information content (AvgIpc) is 2.39. The highest BCUT2D eigenvalue weighted by molar-refractivity contribution is 7.98. The van der Waals surface area contributed by atoms with Crippen molar-refractivity contribution in [3.8, 4) is 0 Å². The van der Waals surface area contributed by atoms with E-state index in [9.17, 15) is 0 Å². The first-order chi connectivity index (χ1) is 8.31. The highest BCUT2D eigenvalue weighted by atomic mass is 35.5. The van der Waals surface area contributed by atoms with Crippen LogP contribution >= 0.6 is 23.4 Å². The molecule has 0 atom stereocenters. The minimum atomic E-state index is 0.478. The van der Waals surface area contributed by atoms with Gasteiger partial charge in [0.2, 0.25) is 0 Å². The molecule has 0 amide bonds. The number of nitrogens with zero attached hydrogens (tertiary/aromatic N) is 1. The SMILES string of the molecule is Cc1c(SCc2ccccc2)ccnc1CCl. The number of halogens is 1. The summed E-state index contributed by atoms with van der Waals surface area (Å²) in [7, 11) is 0. The summed E-state index contributed by atoms with van der Waals surface area (Å²) in [5.74, 6) is 1.46. The third kappa shape index (κ3) is 3.24. The molecule has 2 aromatic rings. The Hall–Kier alpha value is -0.990. The molecule has 0 radical (unpaired) electrons. The lowest BCUT2D eigenvalue weighted by atomic mass is 10.2. The molecule has 1 aromatic carbocycles. The predicted octanol–water partition coefficient (Wildman–Crippen LogP) is 4.42. The van der Waals surface area contributed by atoms with Gasteiger partial charge in [0.1, 0.15) is 0 Å². The summed E-state index contributed by atoms with van der Waals surface area (Å²) in [5, 5.41) is 0. The summed E-state index contributed by atoms with van der Waals surface area (Å²) in [6.45, 7) is 2.08. The standard InChI is InChI=1S/C14H14ClNS/c1-11-13(9-15)16-8-7-14(11)17-10-12-5-3-2-4-6-12/h2-8H,9-10H2,1H3. The fraction of sp³-hybridized carbons (Fsp3) is 0.214. The fourth-order valence-electron chi connectivity index (χ4n) is 1.59. The molecule has 0 unspecified atom stereocenters. The number of rotatable bonds is 4. The van der Waals surface area contributed by atoms with Gasteiger partial charge in [0, 0.05) is 16.8 Å². The van der Waals surface area contributed by atoms with Crippen molar-refractivity contribution in [3.05, 3.63) is 59.4 Å². The van der Waals surface area contributed by atoms with Gasteiger partial charge in [0.25, 0.3) is 0 Å². The van der Waals surface area contributed by atoms with Gasteiger partial charge < -0.3 is 0 Å². The smallest absolute Gasteiger partial charge is 0.0650 e. The number of aromatic nitrogens is 1. The number of thioether (sulfide) groups is 1. The second kappa shape index (κ2) is 6.08. The van der Waals surface area contributed by atoms with Gasteiger partial charge >= 0.3 is 0 Å². The van der Waals surface area contributed by atoms with Gasteiger partial charge in [-0.15, -0.1) is 23.4 Å². The molecule has 17 heavy (non-hydrogen) atoms. The molecule has 0 fully saturated rings. The minimum absolute atomic E-state index is 0.478. The van der Waals surface area contributed by atoms with Crippen LogP contribution in [0.2, 0.25) is 0 Å². The van der Waals surface area contributed by atoms with Crippen molar-refractivity contribution in [1.82, 2.24) is 4.98 Å². The molecule has 0 spiro atoms. The number of pyridine rings is 1. The molecule has 0 saturated carbocycles. The van der Waals surface area contributed by atoms with E-state index >= 15 is 0 Å². The molecule has 1 heterocycles. The van der Waals surface area contributed by atoms with Crippen LogP contribution in [0.15, 0.2) is 47.5 Å². The van der Waals surface area contributed by atoms with Crippen LogP contribution in [-0.2, 0) is 11.6 Å². The van der Waals surface area contributed by atoms with Gasteiger partial charge in [-0.3, -0.25) is 4.98 Å². The lowest BCUT2D eigenvalue weighted by Gasteiger charge is -2.08. The van der Waals surface area contributed by atoms with E-state index in [1.54, 1.807) is 0 Å². The van der Waals surface area contributed by atoms with Crippen LogP contribution in [-0.4, -0.2) is 4.98 Å². The zero-order valence-electron chi connectivity index (χ0n) is 9.69. The largest absolute Gasteiger partial charge is 0.260 e. The molecule has 2 rings (SSSR count). The Labute approximate surface area is 111 Å². The molecule has 0 saturated heterocycles. The Balaban J connectivity index is 2.09. The molecule has 3 heteroatoms. The van der Waals surface area contributed by atoms with Crippen molar-refractivity contribution in [2.75, 3.05) is 0 Å². The first-order valence-electron chi connectivity index (χ1n) is 5.48. The number of hydrogen-bond donors (Lipinski definition) is 0. The maximum absolute atomic E-state index is 5.85. The maximum atomic E-state index is 5.85. The molecular formula is C14H14ClNS. The normalized spacial score (nSPS) is 10.5.